The van der Waals surface area contributed by atoms with E-state index in [0.29, 0.717) is 27.4 Å². The lowest BCUT2D eigenvalue weighted by Crippen LogP contribution is -2.32. The van der Waals surface area contributed by atoms with Crippen LogP contribution < -0.4 is 10.9 Å². The van der Waals surface area contributed by atoms with Crippen LogP contribution in [0.3, 0.4) is 0 Å². The molecule has 1 aromatic carbocycles. The molecule has 4 rings (SSSR count). The van der Waals surface area contributed by atoms with Gasteiger partial charge in [-0.3, -0.25) is 14.4 Å². The van der Waals surface area contributed by atoms with Gasteiger partial charge in [0.25, 0.3) is 5.56 Å². The minimum absolute atomic E-state index is 0.180. The quantitative estimate of drug-likeness (QED) is 0.592. The van der Waals surface area contributed by atoms with Gasteiger partial charge in [0.15, 0.2) is 10.6 Å². The highest BCUT2D eigenvalue weighted by atomic mass is 32.1. The van der Waals surface area contributed by atoms with Gasteiger partial charge >= 0.3 is 0 Å². The molecular weight excluding hydrogens is 424 g/mol. The summed E-state index contributed by atoms with van der Waals surface area (Å²) >= 11 is 1.56. The van der Waals surface area contributed by atoms with Crippen LogP contribution in [0.4, 0.5) is 5.69 Å². The van der Waals surface area contributed by atoms with Crippen molar-refractivity contribution in [3.63, 3.8) is 0 Å². The monoisotopic (exact) mass is 452 g/mol. The number of benzene rings is 1. The van der Waals surface area contributed by atoms with Crippen molar-refractivity contribution in [2.24, 2.45) is 11.3 Å². The van der Waals surface area contributed by atoms with E-state index in [1.807, 2.05) is 0 Å². The Morgan fingerprint density at radius 1 is 1.22 bits per heavy atom. The van der Waals surface area contributed by atoms with E-state index in [9.17, 15) is 14.4 Å². The van der Waals surface area contributed by atoms with E-state index in [2.05, 4.69) is 36.4 Å². The topological polar surface area (TPSA) is 93.9 Å². The van der Waals surface area contributed by atoms with Crippen LogP contribution in [0.1, 0.15) is 67.9 Å². The van der Waals surface area contributed by atoms with E-state index >= 15 is 0 Å². The molecule has 0 aliphatic heterocycles. The second-order valence-electron chi connectivity index (χ2n) is 9.63. The molecule has 0 bridgehead atoms. The first kappa shape index (κ1) is 22.3. The fourth-order valence-corrected chi connectivity index (χ4v) is 5.61. The fourth-order valence-electron chi connectivity index (χ4n) is 4.37. The van der Waals surface area contributed by atoms with Crippen LogP contribution in [0.15, 0.2) is 29.1 Å². The van der Waals surface area contributed by atoms with Gasteiger partial charge in [0, 0.05) is 23.1 Å². The second kappa shape index (κ2) is 8.24. The summed E-state index contributed by atoms with van der Waals surface area (Å²) in [4.78, 5) is 39.5. The van der Waals surface area contributed by atoms with Crippen LogP contribution in [0, 0.1) is 11.3 Å². The Morgan fingerprint density at radius 3 is 2.53 bits per heavy atom. The first-order valence-electron chi connectivity index (χ1n) is 10.9. The molecule has 1 N–H and O–H groups in total. The summed E-state index contributed by atoms with van der Waals surface area (Å²) in [6.45, 7) is 9.88. The number of amides is 1. The van der Waals surface area contributed by atoms with Gasteiger partial charge in [-0.15, -0.1) is 16.4 Å². The van der Waals surface area contributed by atoms with Crippen molar-refractivity contribution in [3.8, 4) is 0 Å². The Hall–Kier alpha value is -2.87. The Labute approximate surface area is 190 Å². The molecule has 8 heteroatoms. The third-order valence-corrected chi connectivity index (χ3v) is 7.50. The maximum Gasteiger partial charge on any atom is 0.279 e. The summed E-state index contributed by atoms with van der Waals surface area (Å²) < 4.78 is 1.20. The maximum absolute atomic E-state index is 13.4. The van der Waals surface area contributed by atoms with Gasteiger partial charge in [-0.25, -0.2) is 0 Å². The van der Waals surface area contributed by atoms with E-state index < -0.39 is 6.04 Å². The van der Waals surface area contributed by atoms with E-state index in [1.165, 1.54) is 16.5 Å². The number of thiophene rings is 1. The van der Waals surface area contributed by atoms with Crippen LogP contribution in [-0.2, 0) is 17.6 Å². The Balaban J connectivity index is 1.65. The molecular formula is C24H28N4O3S. The smallest absolute Gasteiger partial charge is 0.279 e. The molecule has 2 unspecified atom stereocenters. The van der Waals surface area contributed by atoms with E-state index in [1.54, 1.807) is 42.5 Å². The van der Waals surface area contributed by atoms with Gasteiger partial charge in [-0.2, -0.15) is 4.68 Å². The van der Waals surface area contributed by atoms with Crippen molar-refractivity contribution in [2.45, 2.75) is 59.9 Å². The van der Waals surface area contributed by atoms with Gasteiger partial charge < -0.3 is 5.32 Å². The number of carbonyl (C=O) groups is 2. The highest BCUT2D eigenvalue weighted by Crippen LogP contribution is 2.41. The molecule has 0 spiro atoms. The lowest BCUT2D eigenvalue weighted by Gasteiger charge is -2.33. The van der Waals surface area contributed by atoms with Gasteiger partial charge in [0.2, 0.25) is 5.91 Å². The molecule has 0 fully saturated rings. The van der Waals surface area contributed by atoms with Gasteiger partial charge in [-0.05, 0) is 67.3 Å². The Morgan fingerprint density at radius 2 is 1.91 bits per heavy atom. The van der Waals surface area contributed by atoms with Gasteiger partial charge in [-0.1, -0.05) is 26.0 Å². The number of anilines is 1. The molecule has 32 heavy (non-hydrogen) atoms. The molecule has 2 aromatic heterocycles. The zero-order valence-corrected chi connectivity index (χ0v) is 19.9. The number of rotatable bonds is 4. The van der Waals surface area contributed by atoms with Crippen molar-refractivity contribution < 1.29 is 9.59 Å². The average Bonchev–Trinajstić information content (AvgIpc) is 3.11. The third-order valence-electron chi connectivity index (χ3n) is 6.36. The minimum atomic E-state index is -0.785. The lowest BCUT2D eigenvalue weighted by atomic mass is 9.72. The van der Waals surface area contributed by atoms with Crippen LogP contribution >= 0.6 is 11.3 Å². The van der Waals surface area contributed by atoms with Crippen molar-refractivity contribution in [2.75, 3.05) is 5.32 Å². The summed E-state index contributed by atoms with van der Waals surface area (Å²) in [5.41, 5.74) is 2.10. The molecule has 168 valence electrons. The predicted octanol–water partition coefficient (Wildman–Crippen LogP) is 4.41. The summed E-state index contributed by atoms with van der Waals surface area (Å²) in [5, 5.41) is 11.7. The summed E-state index contributed by atoms with van der Waals surface area (Å²) in [6.07, 6.45) is 2.85. The number of fused-ring (bicyclic) bond motifs is 3. The van der Waals surface area contributed by atoms with Crippen molar-refractivity contribution in [1.82, 2.24) is 15.0 Å². The molecule has 2 atom stereocenters. The highest BCUT2D eigenvalue weighted by Gasteiger charge is 2.32. The number of carbonyl (C=O) groups excluding carboxylic acids is 2. The number of nitrogens with zero attached hydrogens (tertiary/aromatic N) is 3. The number of hydrogen-bond acceptors (Lipinski definition) is 6. The predicted molar refractivity (Wildman–Crippen MR) is 126 cm³/mol. The Kier molecular flexibility index (Phi) is 5.75. The molecule has 1 aliphatic carbocycles. The zero-order valence-electron chi connectivity index (χ0n) is 19.1. The largest absolute Gasteiger partial charge is 0.326 e. The van der Waals surface area contributed by atoms with Gasteiger partial charge in [0.05, 0.1) is 5.39 Å². The number of hydrogen-bond donors (Lipinski definition) is 1. The van der Waals surface area contributed by atoms with Crippen molar-refractivity contribution in [1.29, 1.82) is 0 Å². The number of aryl methyl sites for hydroxylation is 1. The first-order valence-corrected chi connectivity index (χ1v) is 11.7. The molecule has 0 radical (unpaired) electrons. The number of Topliss-reactive ketones (excluding diaryl/α,β-unsaturated/α-hetero) is 1. The average molecular weight is 453 g/mol. The van der Waals surface area contributed by atoms with Crippen molar-refractivity contribution >= 4 is 38.9 Å². The number of aromatic nitrogens is 3. The van der Waals surface area contributed by atoms with Crippen LogP contribution in [0.2, 0.25) is 0 Å². The Bertz CT molecular complexity index is 1250. The molecule has 0 saturated heterocycles. The van der Waals surface area contributed by atoms with E-state index in [-0.39, 0.29) is 22.7 Å². The SMILES string of the molecule is CC(=O)Nc1ccc(C(=O)C(C)n2nnc3sc4c(c3c2=O)CCC(C(C)(C)C)C4)cc1. The first-order chi connectivity index (χ1) is 15.1. The molecule has 7 nitrogen and oxygen atoms in total. The summed E-state index contributed by atoms with van der Waals surface area (Å²) in [5.74, 6) is 0.159. The van der Waals surface area contributed by atoms with E-state index in [0.717, 1.165) is 24.8 Å². The maximum atomic E-state index is 13.4. The summed E-state index contributed by atoms with van der Waals surface area (Å²) in [7, 11) is 0. The molecule has 1 aliphatic rings. The van der Waals surface area contributed by atoms with Crippen LogP contribution in [-0.4, -0.2) is 26.7 Å². The fraction of sp³-hybridized carbons (Fsp3) is 0.458. The van der Waals surface area contributed by atoms with Crippen LogP contribution in [0.25, 0.3) is 10.2 Å². The second-order valence-corrected chi connectivity index (χ2v) is 10.7. The highest BCUT2D eigenvalue weighted by molar-refractivity contribution is 7.18. The van der Waals surface area contributed by atoms with E-state index in [4.69, 9.17) is 0 Å². The number of nitrogens with one attached hydrogen (secondary N) is 1. The number of ketones is 1. The normalized spacial score (nSPS) is 17.1. The third kappa shape index (κ3) is 4.11. The molecule has 1 amide bonds. The molecule has 3 aromatic rings. The molecule has 0 saturated carbocycles. The summed E-state index contributed by atoms with van der Waals surface area (Å²) in [6, 6.07) is 5.83. The standard InChI is InChI=1S/C24H28N4O3S/c1-13(21(30)15-6-9-17(10-7-15)25-14(2)29)28-23(31)20-18-11-8-16(24(3,4)5)12-19(18)32-22(20)26-27-28/h6-7,9-10,13,16H,8,11-12H2,1-5H3,(H,25,29). The zero-order chi connectivity index (χ0) is 23.2. The molecule has 2 heterocycles. The van der Waals surface area contributed by atoms with Crippen LogP contribution in [0.5, 0.6) is 0 Å². The van der Waals surface area contributed by atoms with Crippen molar-refractivity contribution in [3.05, 3.63) is 50.6 Å². The van der Waals surface area contributed by atoms with Gasteiger partial charge in [0.1, 0.15) is 6.04 Å². The minimum Gasteiger partial charge on any atom is -0.326 e. The lowest BCUT2D eigenvalue weighted by molar-refractivity contribution is -0.114.